The number of Topliss-reactive ketones (excluding diaryl/α,β-unsaturated/α-hetero) is 1. The Bertz CT molecular complexity index is 879. The van der Waals surface area contributed by atoms with E-state index in [0.717, 1.165) is 17.5 Å². The van der Waals surface area contributed by atoms with E-state index in [1.54, 1.807) is 0 Å². The summed E-state index contributed by atoms with van der Waals surface area (Å²) in [6.45, 7) is 8.79. The SMILES string of the molecule is CCCC1(c2ccccc2)CC(=O)C(C(C=C[Si](C)(C)C)c2ccccc2)C(=O)O1. The Morgan fingerprint density at radius 1 is 1.03 bits per heavy atom. The van der Waals surface area contributed by atoms with E-state index >= 15 is 0 Å². The van der Waals surface area contributed by atoms with Gasteiger partial charge in [-0.05, 0) is 17.5 Å². The predicted octanol–water partition coefficient (Wildman–Crippen LogP) is 6.03. The van der Waals surface area contributed by atoms with Crippen molar-refractivity contribution in [2.24, 2.45) is 5.92 Å². The standard InChI is InChI=1S/C26H32O3Si/c1-5-17-26(21-14-10-7-11-15-21)19-23(27)24(25(28)29-26)22(16-18-30(2,3)4)20-12-8-6-9-13-20/h6-16,18,22,24H,5,17,19H2,1-4H3. The lowest BCUT2D eigenvalue weighted by atomic mass is 9.74. The molecule has 1 aliphatic rings. The summed E-state index contributed by atoms with van der Waals surface area (Å²) in [6.07, 6.45) is 3.77. The molecule has 1 aliphatic heterocycles. The zero-order valence-electron chi connectivity index (χ0n) is 18.4. The van der Waals surface area contributed by atoms with Crippen LogP contribution < -0.4 is 0 Å². The van der Waals surface area contributed by atoms with E-state index in [4.69, 9.17) is 4.74 Å². The molecule has 3 nitrogen and oxygen atoms in total. The van der Waals surface area contributed by atoms with Crippen LogP contribution in [0.25, 0.3) is 0 Å². The second-order valence-corrected chi connectivity index (χ2v) is 14.4. The maximum Gasteiger partial charge on any atom is 0.318 e. The van der Waals surface area contributed by atoms with Gasteiger partial charge in [-0.25, -0.2) is 0 Å². The van der Waals surface area contributed by atoms with E-state index in [1.165, 1.54) is 0 Å². The van der Waals surface area contributed by atoms with Gasteiger partial charge < -0.3 is 4.74 Å². The Kier molecular flexibility index (Phi) is 6.76. The molecule has 2 aromatic rings. The molecular weight excluding hydrogens is 388 g/mol. The van der Waals surface area contributed by atoms with E-state index in [1.807, 2.05) is 60.7 Å². The van der Waals surface area contributed by atoms with Crippen LogP contribution in [0.2, 0.25) is 19.6 Å². The fourth-order valence-corrected chi connectivity index (χ4v) is 5.02. The van der Waals surface area contributed by atoms with Crippen LogP contribution in [0.3, 0.4) is 0 Å². The molecule has 4 heteroatoms. The van der Waals surface area contributed by atoms with E-state index < -0.39 is 25.6 Å². The summed E-state index contributed by atoms with van der Waals surface area (Å²) in [6, 6.07) is 19.5. The summed E-state index contributed by atoms with van der Waals surface area (Å²) in [5.41, 5.74) is 3.24. The van der Waals surface area contributed by atoms with Gasteiger partial charge in [0.15, 0.2) is 5.78 Å². The minimum atomic E-state index is -1.50. The van der Waals surface area contributed by atoms with Gasteiger partial charge in [0, 0.05) is 5.92 Å². The molecule has 0 bridgehead atoms. The van der Waals surface area contributed by atoms with Crippen LogP contribution in [0, 0.1) is 5.92 Å². The van der Waals surface area contributed by atoms with Crippen molar-refractivity contribution >= 4 is 19.8 Å². The van der Waals surface area contributed by atoms with Gasteiger partial charge in [0.25, 0.3) is 0 Å². The summed E-state index contributed by atoms with van der Waals surface area (Å²) < 4.78 is 6.14. The molecule has 1 saturated heterocycles. The molecule has 0 aromatic heterocycles. The molecule has 30 heavy (non-hydrogen) atoms. The zero-order chi connectivity index (χ0) is 21.8. The predicted molar refractivity (Wildman–Crippen MR) is 124 cm³/mol. The van der Waals surface area contributed by atoms with Crippen molar-refractivity contribution in [2.45, 2.75) is 57.3 Å². The van der Waals surface area contributed by atoms with E-state index in [2.05, 4.69) is 38.3 Å². The van der Waals surface area contributed by atoms with Crippen LogP contribution in [0.15, 0.2) is 72.4 Å². The number of carbonyl (C=O) groups excluding carboxylic acids is 2. The Morgan fingerprint density at radius 2 is 1.63 bits per heavy atom. The maximum atomic E-state index is 13.5. The summed E-state index contributed by atoms with van der Waals surface area (Å²) in [7, 11) is -1.50. The van der Waals surface area contributed by atoms with Crippen LogP contribution in [0.1, 0.15) is 43.2 Å². The molecule has 2 aromatic carbocycles. The molecule has 3 atom stereocenters. The molecule has 0 N–H and O–H groups in total. The molecule has 0 aliphatic carbocycles. The lowest BCUT2D eigenvalue weighted by Crippen LogP contribution is -2.47. The minimum Gasteiger partial charge on any atom is -0.453 e. The van der Waals surface area contributed by atoms with Crippen LogP contribution >= 0.6 is 0 Å². The van der Waals surface area contributed by atoms with Gasteiger partial charge in [-0.2, -0.15) is 0 Å². The van der Waals surface area contributed by atoms with E-state index in [9.17, 15) is 9.59 Å². The number of hydrogen-bond donors (Lipinski definition) is 0. The number of esters is 1. The molecule has 0 amide bonds. The summed E-state index contributed by atoms with van der Waals surface area (Å²) >= 11 is 0. The number of allylic oxidation sites excluding steroid dienone is 1. The van der Waals surface area contributed by atoms with E-state index in [-0.39, 0.29) is 18.1 Å². The molecule has 1 fully saturated rings. The molecular formula is C26H32O3Si. The quantitative estimate of drug-likeness (QED) is 0.312. The summed E-state index contributed by atoms with van der Waals surface area (Å²) in [4.78, 5) is 26.8. The molecule has 1 heterocycles. The highest BCUT2D eigenvalue weighted by atomic mass is 28.3. The third kappa shape index (κ3) is 4.98. The molecule has 3 rings (SSSR count). The van der Waals surface area contributed by atoms with Crippen molar-refractivity contribution in [3.8, 4) is 0 Å². The summed E-state index contributed by atoms with van der Waals surface area (Å²) in [5, 5.41) is 0. The second-order valence-electron chi connectivity index (χ2n) is 9.31. The van der Waals surface area contributed by atoms with Gasteiger partial charge in [0.1, 0.15) is 11.5 Å². The number of ketones is 1. The highest BCUT2D eigenvalue weighted by Gasteiger charge is 2.49. The summed E-state index contributed by atoms with van der Waals surface area (Å²) in [5.74, 6) is -1.53. The highest BCUT2D eigenvalue weighted by molar-refractivity contribution is 6.80. The van der Waals surface area contributed by atoms with Gasteiger partial charge in [-0.3, -0.25) is 9.59 Å². The minimum absolute atomic E-state index is 0.0300. The van der Waals surface area contributed by atoms with Crippen LogP contribution in [-0.2, 0) is 19.9 Å². The van der Waals surface area contributed by atoms with Gasteiger partial charge in [0.05, 0.1) is 14.5 Å². The normalized spacial score (nSPS) is 23.4. The zero-order valence-corrected chi connectivity index (χ0v) is 19.4. The number of rotatable bonds is 7. The first kappa shape index (κ1) is 22.2. The average Bonchev–Trinajstić information content (AvgIpc) is 2.71. The van der Waals surface area contributed by atoms with Gasteiger partial charge in [-0.1, -0.05) is 105 Å². The Hall–Kier alpha value is -2.46. The first-order valence-corrected chi connectivity index (χ1v) is 14.4. The van der Waals surface area contributed by atoms with Gasteiger partial charge in [0.2, 0.25) is 0 Å². The number of hydrogen-bond acceptors (Lipinski definition) is 3. The first-order valence-electron chi connectivity index (χ1n) is 10.8. The number of cyclic esters (lactones) is 1. The van der Waals surface area contributed by atoms with Gasteiger partial charge in [-0.15, -0.1) is 0 Å². The molecule has 0 saturated carbocycles. The molecule has 3 unspecified atom stereocenters. The fraction of sp³-hybridized carbons (Fsp3) is 0.385. The van der Waals surface area contributed by atoms with Crippen molar-refractivity contribution in [3.05, 3.63) is 83.6 Å². The molecule has 0 radical (unpaired) electrons. The maximum absolute atomic E-state index is 13.5. The number of ether oxygens (including phenoxy) is 1. The smallest absolute Gasteiger partial charge is 0.318 e. The average molecular weight is 421 g/mol. The van der Waals surface area contributed by atoms with Crippen LogP contribution in [0.5, 0.6) is 0 Å². The number of benzene rings is 2. The van der Waals surface area contributed by atoms with Crippen molar-refractivity contribution in [2.75, 3.05) is 0 Å². The second kappa shape index (κ2) is 9.13. The highest BCUT2D eigenvalue weighted by Crippen LogP contribution is 2.43. The van der Waals surface area contributed by atoms with Crippen LogP contribution in [0.4, 0.5) is 0 Å². The lowest BCUT2D eigenvalue weighted by Gasteiger charge is -2.40. The Balaban J connectivity index is 1.99. The largest absolute Gasteiger partial charge is 0.453 e. The fourth-order valence-electron chi connectivity index (χ4n) is 4.23. The van der Waals surface area contributed by atoms with Crippen LogP contribution in [-0.4, -0.2) is 19.8 Å². The third-order valence-electron chi connectivity index (χ3n) is 5.66. The Morgan fingerprint density at radius 3 is 2.17 bits per heavy atom. The Labute approximate surface area is 181 Å². The lowest BCUT2D eigenvalue weighted by molar-refractivity contribution is -0.180. The van der Waals surface area contributed by atoms with Crippen molar-refractivity contribution in [1.29, 1.82) is 0 Å². The van der Waals surface area contributed by atoms with Gasteiger partial charge >= 0.3 is 5.97 Å². The van der Waals surface area contributed by atoms with Crippen molar-refractivity contribution in [3.63, 3.8) is 0 Å². The topological polar surface area (TPSA) is 43.4 Å². The number of carbonyl (C=O) groups is 2. The third-order valence-corrected chi connectivity index (χ3v) is 6.85. The molecule has 158 valence electrons. The van der Waals surface area contributed by atoms with Crippen molar-refractivity contribution in [1.82, 2.24) is 0 Å². The van der Waals surface area contributed by atoms with E-state index in [0.29, 0.717) is 6.42 Å². The molecule has 0 spiro atoms. The van der Waals surface area contributed by atoms with Crippen molar-refractivity contribution < 1.29 is 14.3 Å². The monoisotopic (exact) mass is 420 g/mol. The first-order chi connectivity index (χ1) is 14.3.